The second-order valence-electron chi connectivity index (χ2n) is 3.60. The topological polar surface area (TPSA) is 74.0 Å². The van der Waals surface area contributed by atoms with Crippen molar-refractivity contribution in [1.82, 2.24) is 4.98 Å². The van der Waals surface area contributed by atoms with Crippen LogP contribution in [0.25, 0.3) is 0 Å². The average molecular weight is 202 g/mol. The van der Waals surface area contributed by atoms with Gasteiger partial charge in [0, 0.05) is 11.9 Å². The Morgan fingerprint density at radius 3 is 2.87 bits per heavy atom. The normalized spacial score (nSPS) is 14.1. The molecule has 0 saturated heterocycles. The van der Waals surface area contributed by atoms with Gasteiger partial charge in [-0.2, -0.15) is 5.26 Å². The molecular formula is C11H10N2O2. The molecular weight excluding hydrogens is 192 g/mol. The van der Waals surface area contributed by atoms with Crippen molar-refractivity contribution in [3.63, 3.8) is 0 Å². The Balaban J connectivity index is 2.66. The number of carboxylic acids is 1. The molecule has 76 valence electrons. The number of carbonyl (C=O) groups is 1. The largest absolute Gasteiger partial charge is 0.478 e. The van der Waals surface area contributed by atoms with E-state index in [-0.39, 0.29) is 11.1 Å². The standard InChI is InChI=1S/C11H10N2O2/c12-5-7-6-13-9-4-2-1-3-8(9)10(7)11(14)15/h6H,1-4H2,(H,14,15). The van der Waals surface area contributed by atoms with E-state index in [2.05, 4.69) is 4.98 Å². The van der Waals surface area contributed by atoms with Crippen LogP contribution < -0.4 is 0 Å². The van der Waals surface area contributed by atoms with Crippen LogP contribution in [-0.2, 0) is 12.8 Å². The Morgan fingerprint density at radius 2 is 2.20 bits per heavy atom. The molecule has 1 aromatic rings. The lowest BCUT2D eigenvalue weighted by Crippen LogP contribution is -2.14. The number of nitriles is 1. The second kappa shape index (κ2) is 3.70. The zero-order valence-corrected chi connectivity index (χ0v) is 8.16. The minimum Gasteiger partial charge on any atom is -0.478 e. The molecule has 0 unspecified atom stereocenters. The lowest BCUT2D eigenvalue weighted by Gasteiger charge is -2.16. The van der Waals surface area contributed by atoms with E-state index in [0.717, 1.165) is 36.9 Å². The molecule has 1 aliphatic carbocycles. The molecule has 1 aliphatic rings. The first-order valence-corrected chi connectivity index (χ1v) is 4.88. The fourth-order valence-electron chi connectivity index (χ4n) is 2.00. The summed E-state index contributed by atoms with van der Waals surface area (Å²) >= 11 is 0. The van der Waals surface area contributed by atoms with Crippen LogP contribution in [0.2, 0.25) is 0 Å². The van der Waals surface area contributed by atoms with Gasteiger partial charge in [-0.1, -0.05) is 0 Å². The van der Waals surface area contributed by atoms with Crippen LogP contribution in [0.1, 0.15) is 40.0 Å². The third kappa shape index (κ3) is 1.57. The molecule has 0 aliphatic heterocycles. The lowest BCUT2D eigenvalue weighted by atomic mass is 9.90. The number of hydrogen-bond acceptors (Lipinski definition) is 3. The van der Waals surface area contributed by atoms with Crippen molar-refractivity contribution < 1.29 is 9.90 Å². The highest BCUT2D eigenvalue weighted by Crippen LogP contribution is 2.24. The maximum atomic E-state index is 11.1. The molecule has 2 rings (SSSR count). The van der Waals surface area contributed by atoms with E-state index in [0.29, 0.717) is 0 Å². The Bertz CT molecular complexity index is 460. The van der Waals surface area contributed by atoms with Crippen LogP contribution in [-0.4, -0.2) is 16.1 Å². The summed E-state index contributed by atoms with van der Waals surface area (Å²) in [6.45, 7) is 0. The van der Waals surface area contributed by atoms with Gasteiger partial charge in [-0.3, -0.25) is 4.98 Å². The number of carboxylic acid groups (broad SMARTS) is 1. The molecule has 0 saturated carbocycles. The molecule has 4 nitrogen and oxygen atoms in total. The summed E-state index contributed by atoms with van der Waals surface area (Å²) < 4.78 is 0. The van der Waals surface area contributed by atoms with Crippen molar-refractivity contribution in [2.24, 2.45) is 0 Å². The highest BCUT2D eigenvalue weighted by atomic mass is 16.4. The van der Waals surface area contributed by atoms with Crippen molar-refractivity contribution >= 4 is 5.97 Å². The molecule has 0 atom stereocenters. The number of aryl methyl sites for hydroxylation is 1. The number of aromatic nitrogens is 1. The van der Waals surface area contributed by atoms with Crippen LogP contribution in [0.5, 0.6) is 0 Å². The second-order valence-corrected chi connectivity index (χ2v) is 3.60. The monoisotopic (exact) mass is 202 g/mol. The van der Waals surface area contributed by atoms with Gasteiger partial charge in [0.15, 0.2) is 0 Å². The summed E-state index contributed by atoms with van der Waals surface area (Å²) in [7, 11) is 0. The number of aromatic carboxylic acids is 1. The fourth-order valence-corrected chi connectivity index (χ4v) is 2.00. The number of hydrogen-bond donors (Lipinski definition) is 1. The first-order valence-electron chi connectivity index (χ1n) is 4.88. The smallest absolute Gasteiger partial charge is 0.337 e. The summed E-state index contributed by atoms with van der Waals surface area (Å²) in [5, 5.41) is 17.9. The molecule has 1 aromatic heterocycles. The minimum atomic E-state index is -1.02. The highest BCUT2D eigenvalue weighted by molar-refractivity contribution is 5.92. The lowest BCUT2D eigenvalue weighted by molar-refractivity contribution is 0.0694. The molecule has 1 N–H and O–H groups in total. The Kier molecular flexibility index (Phi) is 2.38. The molecule has 1 heterocycles. The van der Waals surface area contributed by atoms with Crippen molar-refractivity contribution in [3.8, 4) is 6.07 Å². The van der Waals surface area contributed by atoms with E-state index in [1.165, 1.54) is 6.20 Å². The summed E-state index contributed by atoms with van der Waals surface area (Å²) in [6, 6.07) is 1.88. The molecule has 0 amide bonds. The number of nitrogens with zero attached hydrogens (tertiary/aromatic N) is 2. The van der Waals surface area contributed by atoms with Gasteiger partial charge in [0.25, 0.3) is 0 Å². The average Bonchev–Trinajstić information content (AvgIpc) is 2.27. The first kappa shape index (κ1) is 9.66. The van der Waals surface area contributed by atoms with Gasteiger partial charge >= 0.3 is 5.97 Å². The van der Waals surface area contributed by atoms with Gasteiger partial charge in [0.2, 0.25) is 0 Å². The molecule has 0 radical (unpaired) electrons. The summed E-state index contributed by atoms with van der Waals surface area (Å²) in [4.78, 5) is 15.2. The van der Waals surface area contributed by atoms with Crippen molar-refractivity contribution in [3.05, 3.63) is 28.6 Å². The first-order chi connectivity index (χ1) is 7.24. The van der Waals surface area contributed by atoms with Crippen LogP contribution in [0.4, 0.5) is 0 Å². The van der Waals surface area contributed by atoms with Gasteiger partial charge < -0.3 is 5.11 Å². The van der Waals surface area contributed by atoms with Crippen LogP contribution in [0.15, 0.2) is 6.20 Å². The zero-order valence-electron chi connectivity index (χ0n) is 8.16. The van der Waals surface area contributed by atoms with Gasteiger partial charge in [0.05, 0.1) is 11.1 Å². The summed E-state index contributed by atoms with van der Waals surface area (Å²) in [5.74, 6) is -1.02. The SMILES string of the molecule is N#Cc1cnc2c(c1C(=O)O)CCCC2. The zero-order chi connectivity index (χ0) is 10.8. The maximum absolute atomic E-state index is 11.1. The molecule has 0 bridgehead atoms. The molecule has 0 aromatic carbocycles. The van der Waals surface area contributed by atoms with E-state index in [4.69, 9.17) is 10.4 Å². The van der Waals surface area contributed by atoms with E-state index < -0.39 is 5.97 Å². The van der Waals surface area contributed by atoms with Crippen molar-refractivity contribution in [2.45, 2.75) is 25.7 Å². The van der Waals surface area contributed by atoms with Gasteiger partial charge in [-0.05, 0) is 31.2 Å². The predicted octanol–water partition coefficient (Wildman–Crippen LogP) is 1.53. The molecule has 15 heavy (non-hydrogen) atoms. The van der Waals surface area contributed by atoms with Gasteiger partial charge in [-0.15, -0.1) is 0 Å². The third-order valence-electron chi connectivity index (χ3n) is 2.69. The van der Waals surface area contributed by atoms with E-state index >= 15 is 0 Å². The fraction of sp³-hybridized carbons (Fsp3) is 0.364. The number of fused-ring (bicyclic) bond motifs is 1. The Morgan fingerprint density at radius 1 is 1.47 bits per heavy atom. The van der Waals surface area contributed by atoms with Crippen molar-refractivity contribution in [1.29, 1.82) is 5.26 Å². The maximum Gasteiger partial charge on any atom is 0.337 e. The van der Waals surface area contributed by atoms with Gasteiger partial charge in [-0.25, -0.2) is 4.79 Å². The predicted molar refractivity (Wildman–Crippen MR) is 52.6 cm³/mol. The number of rotatable bonds is 1. The summed E-state index contributed by atoms with van der Waals surface area (Å²) in [5.41, 5.74) is 1.93. The van der Waals surface area contributed by atoms with Crippen molar-refractivity contribution in [2.75, 3.05) is 0 Å². The number of pyridine rings is 1. The highest BCUT2D eigenvalue weighted by Gasteiger charge is 2.21. The van der Waals surface area contributed by atoms with Crippen LogP contribution in [0, 0.1) is 11.3 Å². The molecule has 0 fully saturated rings. The van der Waals surface area contributed by atoms with E-state index in [1.54, 1.807) is 0 Å². The molecule has 4 heteroatoms. The minimum absolute atomic E-state index is 0.155. The van der Waals surface area contributed by atoms with Crippen LogP contribution in [0.3, 0.4) is 0 Å². The third-order valence-corrected chi connectivity index (χ3v) is 2.69. The van der Waals surface area contributed by atoms with Crippen LogP contribution >= 0.6 is 0 Å². The van der Waals surface area contributed by atoms with Gasteiger partial charge in [0.1, 0.15) is 6.07 Å². The van der Waals surface area contributed by atoms with E-state index in [9.17, 15) is 4.79 Å². The quantitative estimate of drug-likeness (QED) is 0.749. The Hall–Kier alpha value is -1.89. The molecule has 0 spiro atoms. The summed E-state index contributed by atoms with van der Waals surface area (Å²) in [6.07, 6.45) is 4.93. The van der Waals surface area contributed by atoms with E-state index in [1.807, 2.05) is 6.07 Å². The Labute approximate surface area is 87.2 Å².